The summed E-state index contributed by atoms with van der Waals surface area (Å²) < 4.78 is 6.99. The van der Waals surface area contributed by atoms with Crippen molar-refractivity contribution in [3.63, 3.8) is 0 Å². The lowest BCUT2D eigenvalue weighted by Crippen LogP contribution is -2.05. The van der Waals surface area contributed by atoms with Crippen molar-refractivity contribution in [1.29, 1.82) is 0 Å². The van der Waals surface area contributed by atoms with Crippen molar-refractivity contribution in [1.82, 2.24) is 30.2 Å². The average Bonchev–Trinajstić information content (AvgIpc) is 3.29. The smallest absolute Gasteiger partial charge is 0.210 e. The second-order valence-corrected chi connectivity index (χ2v) is 9.55. The number of rotatable bonds is 6. The Kier molecular flexibility index (Phi) is 5.73. The molecule has 1 aromatic carbocycles. The molecule has 0 amide bonds. The zero-order valence-corrected chi connectivity index (χ0v) is 18.9. The summed E-state index contributed by atoms with van der Waals surface area (Å²) in [5, 5.41) is 13.9. The summed E-state index contributed by atoms with van der Waals surface area (Å²) in [6.45, 7) is 0.582. The maximum absolute atomic E-state index is 6.37. The van der Waals surface area contributed by atoms with E-state index in [9.17, 15) is 0 Å². The maximum atomic E-state index is 6.37. The fourth-order valence-corrected chi connectivity index (χ4v) is 5.92. The number of ether oxygens (including phenoxy) is 1. The standard InChI is InChI=1S/C21H23N7OS2/c1-29-14-9-7-13(8-10-14)11-28-21(25-26-27-28)30-12-17-23-19(22)18-15-5-3-2-4-6-16(15)31-20(18)24-17/h7-10H,2-6,11-12H2,1H3,(H2,22,23,24). The van der Waals surface area contributed by atoms with Gasteiger partial charge >= 0.3 is 0 Å². The lowest BCUT2D eigenvalue weighted by molar-refractivity contribution is 0.414. The molecule has 1 aliphatic rings. The second-order valence-electron chi connectivity index (χ2n) is 7.53. The first-order chi connectivity index (χ1) is 15.2. The van der Waals surface area contributed by atoms with Gasteiger partial charge in [-0.25, -0.2) is 14.6 Å². The van der Waals surface area contributed by atoms with Crippen molar-refractivity contribution in [2.24, 2.45) is 0 Å². The summed E-state index contributed by atoms with van der Waals surface area (Å²) in [6, 6.07) is 7.88. The fraction of sp³-hybridized carbons (Fsp3) is 0.381. The summed E-state index contributed by atoms with van der Waals surface area (Å²) in [6.07, 6.45) is 5.94. The number of hydrogen-bond acceptors (Lipinski definition) is 9. The molecule has 0 fully saturated rings. The number of methoxy groups -OCH3 is 1. The highest BCUT2D eigenvalue weighted by molar-refractivity contribution is 7.98. The Hall–Kier alpha value is -2.72. The van der Waals surface area contributed by atoms with E-state index < -0.39 is 0 Å². The van der Waals surface area contributed by atoms with E-state index >= 15 is 0 Å². The number of nitrogens with zero attached hydrogens (tertiary/aromatic N) is 6. The predicted octanol–water partition coefficient (Wildman–Crippen LogP) is 3.88. The van der Waals surface area contributed by atoms with E-state index in [-0.39, 0.29) is 0 Å². The monoisotopic (exact) mass is 453 g/mol. The highest BCUT2D eigenvalue weighted by atomic mass is 32.2. The van der Waals surface area contributed by atoms with Crippen molar-refractivity contribution >= 4 is 39.1 Å². The Morgan fingerprint density at radius 2 is 1.97 bits per heavy atom. The minimum absolute atomic E-state index is 0.561. The molecule has 0 saturated heterocycles. The molecule has 0 unspecified atom stereocenters. The minimum Gasteiger partial charge on any atom is -0.497 e. The van der Waals surface area contributed by atoms with Crippen LogP contribution in [0.4, 0.5) is 5.82 Å². The van der Waals surface area contributed by atoms with Gasteiger partial charge < -0.3 is 10.5 Å². The third kappa shape index (κ3) is 4.22. The number of anilines is 1. The minimum atomic E-state index is 0.561. The normalized spacial score (nSPS) is 13.8. The van der Waals surface area contributed by atoms with Gasteiger partial charge in [0.05, 0.1) is 24.8 Å². The van der Waals surface area contributed by atoms with Gasteiger partial charge in [0.1, 0.15) is 22.2 Å². The quantitative estimate of drug-likeness (QED) is 0.346. The molecule has 0 bridgehead atoms. The SMILES string of the molecule is COc1ccc(Cn2nnnc2SCc2nc(N)c3c4c(sc3n2)CCCCC4)cc1. The first-order valence-corrected chi connectivity index (χ1v) is 12.1. The summed E-state index contributed by atoms with van der Waals surface area (Å²) in [5.41, 5.74) is 8.84. The Labute approximate surface area is 188 Å². The molecule has 4 aromatic rings. The van der Waals surface area contributed by atoms with Gasteiger partial charge in [-0.15, -0.1) is 16.4 Å². The predicted molar refractivity (Wildman–Crippen MR) is 123 cm³/mol. The third-order valence-electron chi connectivity index (χ3n) is 5.46. The molecule has 0 spiro atoms. The molecule has 0 radical (unpaired) electrons. The summed E-state index contributed by atoms with van der Waals surface area (Å²) >= 11 is 3.29. The largest absolute Gasteiger partial charge is 0.497 e. The number of thiophene rings is 1. The fourth-order valence-electron chi connectivity index (χ4n) is 3.90. The lowest BCUT2D eigenvalue weighted by Gasteiger charge is -2.06. The molecule has 3 heterocycles. The van der Waals surface area contributed by atoms with Crippen LogP contribution in [0.5, 0.6) is 5.75 Å². The first-order valence-electron chi connectivity index (χ1n) is 10.3. The zero-order valence-electron chi connectivity index (χ0n) is 17.2. The molecule has 0 aliphatic heterocycles. The maximum Gasteiger partial charge on any atom is 0.210 e. The van der Waals surface area contributed by atoms with Crippen LogP contribution in [0.1, 0.15) is 41.1 Å². The Balaban J connectivity index is 1.33. The number of benzene rings is 1. The van der Waals surface area contributed by atoms with E-state index in [4.69, 9.17) is 15.5 Å². The lowest BCUT2D eigenvalue weighted by atomic mass is 10.1. The second kappa shape index (κ2) is 8.80. The zero-order chi connectivity index (χ0) is 21.2. The summed E-state index contributed by atoms with van der Waals surface area (Å²) in [7, 11) is 1.66. The van der Waals surface area contributed by atoms with Crippen LogP contribution in [-0.4, -0.2) is 37.3 Å². The number of nitrogen functional groups attached to an aromatic ring is 1. The number of nitrogens with two attached hydrogens (primary N) is 1. The average molecular weight is 454 g/mol. The van der Waals surface area contributed by atoms with Gasteiger partial charge in [0.2, 0.25) is 5.16 Å². The van der Waals surface area contributed by atoms with E-state index in [0.717, 1.165) is 39.5 Å². The molecule has 3 aromatic heterocycles. The number of aromatic nitrogens is 6. The van der Waals surface area contributed by atoms with Crippen LogP contribution in [0.15, 0.2) is 29.4 Å². The van der Waals surface area contributed by atoms with Crippen molar-refractivity contribution in [3.05, 3.63) is 46.1 Å². The molecule has 31 heavy (non-hydrogen) atoms. The molecular formula is C21H23N7OS2. The van der Waals surface area contributed by atoms with Gasteiger partial charge in [-0.1, -0.05) is 30.3 Å². The highest BCUT2D eigenvalue weighted by Gasteiger charge is 2.19. The molecule has 2 N–H and O–H groups in total. The van der Waals surface area contributed by atoms with Crippen LogP contribution in [0.25, 0.3) is 10.2 Å². The van der Waals surface area contributed by atoms with Crippen LogP contribution in [0, 0.1) is 0 Å². The summed E-state index contributed by atoms with van der Waals surface area (Å²) in [4.78, 5) is 11.9. The number of hydrogen-bond donors (Lipinski definition) is 1. The van der Waals surface area contributed by atoms with Gasteiger partial charge in [-0.3, -0.25) is 0 Å². The van der Waals surface area contributed by atoms with Gasteiger partial charge in [0, 0.05) is 4.88 Å². The van der Waals surface area contributed by atoms with Crippen LogP contribution in [-0.2, 0) is 25.1 Å². The molecule has 0 saturated carbocycles. The van der Waals surface area contributed by atoms with Crippen LogP contribution in [0.3, 0.4) is 0 Å². The Bertz CT molecular complexity index is 1200. The number of tetrazole rings is 1. The molecule has 5 rings (SSSR count). The summed E-state index contributed by atoms with van der Waals surface area (Å²) in [5.74, 6) is 2.69. The first kappa shape index (κ1) is 20.2. The number of fused-ring (bicyclic) bond motifs is 3. The van der Waals surface area contributed by atoms with Gasteiger partial charge in [0.25, 0.3) is 0 Å². The van der Waals surface area contributed by atoms with E-state index in [0.29, 0.717) is 23.9 Å². The van der Waals surface area contributed by atoms with Gasteiger partial charge in [-0.05, 0) is 59.4 Å². The van der Waals surface area contributed by atoms with Crippen LogP contribution in [0.2, 0.25) is 0 Å². The van der Waals surface area contributed by atoms with E-state index in [1.165, 1.54) is 41.5 Å². The third-order valence-corrected chi connectivity index (χ3v) is 7.60. The van der Waals surface area contributed by atoms with E-state index in [1.54, 1.807) is 23.1 Å². The van der Waals surface area contributed by atoms with Crippen molar-refractivity contribution < 1.29 is 4.74 Å². The van der Waals surface area contributed by atoms with Crippen molar-refractivity contribution in [3.8, 4) is 5.75 Å². The van der Waals surface area contributed by atoms with Crippen molar-refractivity contribution in [2.45, 2.75) is 49.6 Å². The molecule has 8 nitrogen and oxygen atoms in total. The van der Waals surface area contributed by atoms with Crippen molar-refractivity contribution in [2.75, 3.05) is 12.8 Å². The molecule has 0 atom stereocenters. The van der Waals surface area contributed by atoms with Crippen LogP contribution < -0.4 is 10.5 Å². The topological polar surface area (TPSA) is 105 Å². The Morgan fingerprint density at radius 3 is 2.81 bits per heavy atom. The Morgan fingerprint density at radius 1 is 1.13 bits per heavy atom. The van der Waals surface area contributed by atoms with Gasteiger partial charge in [0.15, 0.2) is 0 Å². The molecule has 160 valence electrons. The number of aryl methyl sites for hydroxylation is 2. The molecular weight excluding hydrogens is 430 g/mol. The molecule has 1 aliphatic carbocycles. The van der Waals surface area contributed by atoms with E-state index in [1.807, 2.05) is 24.3 Å². The van der Waals surface area contributed by atoms with Gasteiger partial charge in [-0.2, -0.15) is 0 Å². The van der Waals surface area contributed by atoms with E-state index in [2.05, 4.69) is 20.5 Å². The molecule has 10 heteroatoms. The highest BCUT2D eigenvalue weighted by Crippen LogP contribution is 2.37. The van der Waals surface area contributed by atoms with Crippen LogP contribution >= 0.6 is 23.1 Å². The number of thioether (sulfide) groups is 1.